The van der Waals surface area contributed by atoms with Crippen LogP contribution in [0.5, 0.6) is 5.75 Å². The third kappa shape index (κ3) is 3.78. The van der Waals surface area contributed by atoms with Crippen molar-refractivity contribution in [1.82, 2.24) is 0 Å². The van der Waals surface area contributed by atoms with Crippen LogP contribution in [0.15, 0.2) is 54.6 Å². The molecule has 1 unspecified atom stereocenters. The molecule has 0 fully saturated rings. The molecule has 0 saturated carbocycles. The van der Waals surface area contributed by atoms with Crippen molar-refractivity contribution in [2.45, 2.75) is 19.3 Å². The Hall–Kier alpha value is -2.42. The molecule has 0 amide bonds. The summed E-state index contributed by atoms with van der Waals surface area (Å²) in [7, 11) is 1.59. The van der Waals surface area contributed by atoms with Crippen LogP contribution in [0.2, 0.25) is 0 Å². The summed E-state index contributed by atoms with van der Waals surface area (Å²) in [4.78, 5) is 24.2. The van der Waals surface area contributed by atoms with Crippen LogP contribution in [0.3, 0.4) is 0 Å². The largest absolute Gasteiger partial charge is 0.497 e. The van der Waals surface area contributed by atoms with Gasteiger partial charge in [-0.2, -0.15) is 0 Å². The van der Waals surface area contributed by atoms with E-state index in [1.165, 1.54) is 6.92 Å². The van der Waals surface area contributed by atoms with Gasteiger partial charge in [0.2, 0.25) is 0 Å². The smallest absolute Gasteiger partial charge is 0.170 e. The number of ether oxygens (including phenoxy) is 1. The lowest BCUT2D eigenvalue weighted by Gasteiger charge is -2.15. The minimum Gasteiger partial charge on any atom is -0.497 e. The average Bonchev–Trinajstić information content (AvgIpc) is 2.53. The van der Waals surface area contributed by atoms with Crippen LogP contribution in [-0.4, -0.2) is 18.7 Å². The van der Waals surface area contributed by atoms with Gasteiger partial charge in [-0.1, -0.05) is 42.5 Å². The van der Waals surface area contributed by atoms with Gasteiger partial charge in [0.1, 0.15) is 11.5 Å². The minimum absolute atomic E-state index is 0.0000918. The number of rotatable bonds is 6. The molecule has 2 aromatic carbocycles. The van der Waals surface area contributed by atoms with Crippen molar-refractivity contribution in [2.75, 3.05) is 7.11 Å². The number of carbonyl (C=O) groups is 2. The number of benzene rings is 2. The van der Waals surface area contributed by atoms with Crippen LogP contribution in [0.1, 0.15) is 35.2 Å². The molecule has 0 spiro atoms. The molecular formula is C18H18O3. The molecule has 0 heterocycles. The van der Waals surface area contributed by atoms with Gasteiger partial charge in [0.25, 0.3) is 0 Å². The molecular weight excluding hydrogens is 264 g/mol. The van der Waals surface area contributed by atoms with E-state index in [0.717, 1.165) is 11.3 Å². The normalized spacial score (nSPS) is 11.7. The van der Waals surface area contributed by atoms with Crippen molar-refractivity contribution in [3.63, 3.8) is 0 Å². The lowest BCUT2D eigenvalue weighted by molar-refractivity contribution is -0.117. The summed E-state index contributed by atoms with van der Waals surface area (Å²) in [6.45, 7) is 1.51. The maximum Gasteiger partial charge on any atom is 0.170 e. The van der Waals surface area contributed by atoms with E-state index >= 15 is 0 Å². The standard InChI is InChI=1S/C18H18O3/c1-13(19)12-17(14-8-10-16(21-2)11-9-14)18(20)15-6-4-3-5-7-15/h3-11,17H,12H2,1-2H3. The number of ketones is 2. The summed E-state index contributed by atoms with van der Waals surface area (Å²) in [6.07, 6.45) is 0.208. The van der Waals surface area contributed by atoms with Gasteiger partial charge in [0, 0.05) is 12.0 Å². The van der Waals surface area contributed by atoms with Crippen molar-refractivity contribution in [2.24, 2.45) is 0 Å². The fraction of sp³-hybridized carbons (Fsp3) is 0.222. The molecule has 0 aliphatic rings. The fourth-order valence-corrected chi connectivity index (χ4v) is 2.29. The summed E-state index contributed by atoms with van der Waals surface area (Å²) >= 11 is 0. The predicted octanol–water partition coefficient (Wildman–Crippen LogP) is 3.64. The van der Waals surface area contributed by atoms with Crippen molar-refractivity contribution in [3.8, 4) is 5.75 Å². The maximum absolute atomic E-state index is 12.7. The molecule has 0 aliphatic carbocycles. The van der Waals surface area contributed by atoms with Gasteiger partial charge in [0.15, 0.2) is 5.78 Å². The lowest BCUT2D eigenvalue weighted by Crippen LogP contribution is -2.16. The monoisotopic (exact) mass is 282 g/mol. The van der Waals surface area contributed by atoms with Gasteiger partial charge < -0.3 is 4.74 Å². The topological polar surface area (TPSA) is 43.4 Å². The van der Waals surface area contributed by atoms with Crippen molar-refractivity contribution >= 4 is 11.6 Å². The molecule has 0 aliphatic heterocycles. The van der Waals surface area contributed by atoms with Crippen LogP contribution in [0.25, 0.3) is 0 Å². The molecule has 108 valence electrons. The Bertz CT molecular complexity index is 615. The van der Waals surface area contributed by atoms with Gasteiger partial charge in [-0.05, 0) is 24.6 Å². The maximum atomic E-state index is 12.7. The average molecular weight is 282 g/mol. The first-order valence-corrected chi connectivity index (χ1v) is 6.84. The molecule has 0 radical (unpaired) electrons. The van der Waals surface area contributed by atoms with E-state index in [1.807, 2.05) is 30.3 Å². The SMILES string of the molecule is COc1ccc(C(CC(C)=O)C(=O)c2ccccc2)cc1. The molecule has 0 aromatic heterocycles. The van der Waals surface area contributed by atoms with E-state index in [0.29, 0.717) is 5.56 Å². The van der Waals surface area contributed by atoms with E-state index < -0.39 is 5.92 Å². The van der Waals surface area contributed by atoms with Crippen LogP contribution < -0.4 is 4.74 Å². The Kier molecular flexibility index (Phi) is 4.88. The lowest BCUT2D eigenvalue weighted by atomic mass is 9.87. The van der Waals surface area contributed by atoms with Crippen molar-refractivity contribution in [3.05, 3.63) is 65.7 Å². The first kappa shape index (κ1) is 15.0. The predicted molar refractivity (Wildman–Crippen MR) is 81.8 cm³/mol. The Labute approximate surface area is 124 Å². The fourth-order valence-electron chi connectivity index (χ4n) is 2.29. The van der Waals surface area contributed by atoms with Gasteiger partial charge in [-0.3, -0.25) is 9.59 Å². The summed E-state index contributed by atoms with van der Waals surface area (Å²) < 4.78 is 5.12. The Morgan fingerprint density at radius 1 is 1.00 bits per heavy atom. The van der Waals surface area contributed by atoms with Crippen molar-refractivity contribution < 1.29 is 14.3 Å². The number of hydrogen-bond donors (Lipinski definition) is 0. The second-order valence-electron chi connectivity index (χ2n) is 4.96. The summed E-state index contributed by atoms with van der Waals surface area (Å²) in [5.41, 5.74) is 1.46. The number of hydrogen-bond acceptors (Lipinski definition) is 3. The minimum atomic E-state index is -0.448. The highest BCUT2D eigenvalue weighted by molar-refractivity contribution is 6.03. The summed E-state index contributed by atoms with van der Waals surface area (Å²) in [6, 6.07) is 16.4. The van der Waals surface area contributed by atoms with E-state index in [4.69, 9.17) is 4.74 Å². The summed E-state index contributed by atoms with van der Waals surface area (Å²) in [5, 5.41) is 0. The summed E-state index contributed by atoms with van der Waals surface area (Å²) in [5.74, 6) is 0.249. The van der Waals surface area contributed by atoms with Crippen LogP contribution in [-0.2, 0) is 4.79 Å². The molecule has 21 heavy (non-hydrogen) atoms. The molecule has 2 aromatic rings. The third-order valence-electron chi connectivity index (χ3n) is 3.38. The van der Waals surface area contributed by atoms with Crippen LogP contribution in [0, 0.1) is 0 Å². The van der Waals surface area contributed by atoms with Gasteiger partial charge in [0.05, 0.1) is 13.0 Å². The Morgan fingerprint density at radius 2 is 1.62 bits per heavy atom. The van der Waals surface area contributed by atoms with Gasteiger partial charge in [-0.15, -0.1) is 0 Å². The zero-order valence-electron chi connectivity index (χ0n) is 12.2. The molecule has 0 bridgehead atoms. The van der Waals surface area contributed by atoms with Crippen molar-refractivity contribution in [1.29, 1.82) is 0 Å². The number of methoxy groups -OCH3 is 1. The van der Waals surface area contributed by atoms with E-state index in [9.17, 15) is 9.59 Å². The third-order valence-corrected chi connectivity index (χ3v) is 3.38. The highest BCUT2D eigenvalue weighted by atomic mass is 16.5. The van der Waals surface area contributed by atoms with E-state index in [-0.39, 0.29) is 18.0 Å². The second-order valence-corrected chi connectivity index (χ2v) is 4.96. The number of Topliss-reactive ketones (excluding diaryl/α,β-unsaturated/α-hetero) is 2. The zero-order chi connectivity index (χ0) is 15.2. The molecule has 2 rings (SSSR count). The first-order valence-electron chi connectivity index (χ1n) is 6.84. The first-order chi connectivity index (χ1) is 10.1. The molecule has 3 nitrogen and oxygen atoms in total. The van der Waals surface area contributed by atoms with Gasteiger partial charge in [-0.25, -0.2) is 0 Å². The second kappa shape index (κ2) is 6.84. The van der Waals surface area contributed by atoms with Crippen LogP contribution in [0.4, 0.5) is 0 Å². The van der Waals surface area contributed by atoms with Crippen LogP contribution >= 0.6 is 0 Å². The Morgan fingerprint density at radius 3 is 2.14 bits per heavy atom. The quantitative estimate of drug-likeness (QED) is 0.760. The molecule has 1 atom stereocenters. The highest BCUT2D eigenvalue weighted by Gasteiger charge is 2.23. The number of carbonyl (C=O) groups excluding carboxylic acids is 2. The molecule has 0 N–H and O–H groups in total. The molecule has 3 heteroatoms. The van der Waals surface area contributed by atoms with Gasteiger partial charge >= 0.3 is 0 Å². The Balaban J connectivity index is 2.33. The highest BCUT2D eigenvalue weighted by Crippen LogP contribution is 2.26. The van der Waals surface area contributed by atoms with E-state index in [1.54, 1.807) is 31.4 Å². The van der Waals surface area contributed by atoms with E-state index in [2.05, 4.69) is 0 Å². The zero-order valence-corrected chi connectivity index (χ0v) is 12.2. The molecule has 0 saturated heterocycles.